The van der Waals surface area contributed by atoms with E-state index >= 15 is 0 Å². The zero-order valence-electron chi connectivity index (χ0n) is 12.0. The number of nitrogens with one attached hydrogen (secondary N) is 2. The molecule has 3 N–H and O–H groups in total. The van der Waals surface area contributed by atoms with Crippen LogP contribution in [-0.2, 0) is 0 Å². The van der Waals surface area contributed by atoms with Crippen molar-refractivity contribution in [2.24, 2.45) is 11.3 Å². The lowest BCUT2D eigenvalue weighted by Gasteiger charge is -2.29. The number of amides is 2. The maximum Gasteiger partial charge on any atom is 0.315 e. The Morgan fingerprint density at radius 3 is 2.72 bits per heavy atom. The fourth-order valence-electron chi connectivity index (χ4n) is 2.51. The predicted octanol–water partition coefficient (Wildman–Crippen LogP) is 2.27. The zero-order valence-corrected chi connectivity index (χ0v) is 12.0. The van der Waals surface area contributed by atoms with Crippen LogP contribution in [0.3, 0.4) is 0 Å². The summed E-state index contributed by atoms with van der Waals surface area (Å²) >= 11 is 0. The second-order valence-electron chi connectivity index (χ2n) is 6.43. The number of rotatable bonds is 5. The van der Waals surface area contributed by atoms with Gasteiger partial charge in [-0.05, 0) is 30.6 Å². The normalized spacial score (nSPS) is 24.7. The summed E-state index contributed by atoms with van der Waals surface area (Å²) in [5.41, 5.74) is -0.0497. The minimum atomic E-state index is -0.0693. The lowest BCUT2D eigenvalue weighted by Crippen LogP contribution is -2.46. The Balaban J connectivity index is 2.24. The molecule has 0 bridgehead atoms. The van der Waals surface area contributed by atoms with Crippen molar-refractivity contribution in [2.45, 2.75) is 58.9 Å². The number of hydrogen-bond donors (Lipinski definition) is 3. The van der Waals surface area contributed by atoms with Crippen molar-refractivity contribution in [1.82, 2.24) is 10.6 Å². The van der Waals surface area contributed by atoms with Crippen LogP contribution in [0.1, 0.15) is 52.9 Å². The van der Waals surface area contributed by atoms with E-state index in [9.17, 15) is 4.79 Å². The van der Waals surface area contributed by atoms with E-state index in [0.717, 1.165) is 18.8 Å². The van der Waals surface area contributed by atoms with E-state index in [1.54, 1.807) is 0 Å². The molecule has 1 aliphatic rings. The van der Waals surface area contributed by atoms with Crippen molar-refractivity contribution in [3.63, 3.8) is 0 Å². The first-order valence-corrected chi connectivity index (χ1v) is 7.08. The zero-order chi connectivity index (χ0) is 13.6. The number of aliphatic hydroxyl groups excluding tert-OH is 1. The van der Waals surface area contributed by atoms with Crippen molar-refractivity contribution >= 4 is 6.03 Å². The maximum absolute atomic E-state index is 11.8. The number of aliphatic hydroxyl groups is 1. The van der Waals surface area contributed by atoms with E-state index in [4.69, 9.17) is 5.11 Å². The van der Waals surface area contributed by atoms with Gasteiger partial charge < -0.3 is 15.7 Å². The second kappa shape index (κ2) is 6.98. The molecule has 1 saturated carbocycles. The van der Waals surface area contributed by atoms with Crippen molar-refractivity contribution in [3.05, 3.63) is 0 Å². The van der Waals surface area contributed by atoms with E-state index in [1.165, 1.54) is 12.8 Å². The standard InChI is InChI=1S/C14H28N2O2/c1-11-5-4-6-12(9-11)16-13(18)15-10-14(2,3)7-8-17/h11-12,17H,4-10H2,1-3H3,(H2,15,16,18). The monoisotopic (exact) mass is 256 g/mol. The molecule has 2 amide bonds. The molecule has 18 heavy (non-hydrogen) atoms. The molecule has 0 aromatic rings. The molecule has 0 radical (unpaired) electrons. The molecule has 0 spiro atoms. The van der Waals surface area contributed by atoms with Crippen LogP contribution in [0, 0.1) is 11.3 Å². The van der Waals surface area contributed by atoms with E-state index < -0.39 is 0 Å². The van der Waals surface area contributed by atoms with E-state index in [-0.39, 0.29) is 18.1 Å². The van der Waals surface area contributed by atoms with Crippen LogP contribution in [0.2, 0.25) is 0 Å². The molecule has 1 rings (SSSR count). The van der Waals surface area contributed by atoms with Crippen molar-refractivity contribution < 1.29 is 9.90 Å². The molecular weight excluding hydrogens is 228 g/mol. The van der Waals surface area contributed by atoms with Gasteiger partial charge in [0.2, 0.25) is 0 Å². The van der Waals surface area contributed by atoms with E-state index in [1.807, 2.05) is 13.8 Å². The van der Waals surface area contributed by atoms with Gasteiger partial charge in [0.15, 0.2) is 0 Å². The van der Waals surface area contributed by atoms with Gasteiger partial charge in [-0.3, -0.25) is 0 Å². The van der Waals surface area contributed by atoms with Gasteiger partial charge in [-0.15, -0.1) is 0 Å². The van der Waals surface area contributed by atoms with Gasteiger partial charge in [0.25, 0.3) is 0 Å². The molecule has 4 nitrogen and oxygen atoms in total. The van der Waals surface area contributed by atoms with Gasteiger partial charge >= 0.3 is 6.03 Å². The molecule has 2 atom stereocenters. The summed E-state index contributed by atoms with van der Waals surface area (Å²) in [6.07, 6.45) is 5.38. The molecule has 4 heteroatoms. The van der Waals surface area contributed by atoms with Gasteiger partial charge in [0.05, 0.1) is 0 Å². The number of urea groups is 1. The SMILES string of the molecule is CC1CCCC(NC(=O)NCC(C)(C)CCO)C1. The van der Waals surface area contributed by atoms with Gasteiger partial charge in [-0.25, -0.2) is 4.79 Å². The summed E-state index contributed by atoms with van der Waals surface area (Å²) in [5, 5.41) is 14.9. The van der Waals surface area contributed by atoms with Gasteiger partial charge in [0.1, 0.15) is 0 Å². The Kier molecular flexibility index (Phi) is 5.93. The van der Waals surface area contributed by atoms with Crippen LogP contribution in [0.25, 0.3) is 0 Å². The smallest absolute Gasteiger partial charge is 0.315 e. The van der Waals surface area contributed by atoms with Crippen LogP contribution in [0.4, 0.5) is 4.79 Å². The Labute approximate surface area is 111 Å². The van der Waals surface area contributed by atoms with Crippen LogP contribution < -0.4 is 10.6 Å². The maximum atomic E-state index is 11.8. The molecule has 0 aromatic heterocycles. The van der Waals surface area contributed by atoms with Crippen LogP contribution in [-0.4, -0.2) is 30.3 Å². The highest BCUT2D eigenvalue weighted by Crippen LogP contribution is 2.23. The summed E-state index contributed by atoms with van der Waals surface area (Å²) < 4.78 is 0. The average Bonchev–Trinajstić information content (AvgIpc) is 2.26. The van der Waals surface area contributed by atoms with Gasteiger partial charge in [0, 0.05) is 19.2 Å². The minimum Gasteiger partial charge on any atom is -0.396 e. The predicted molar refractivity (Wildman–Crippen MR) is 73.4 cm³/mol. The fourth-order valence-corrected chi connectivity index (χ4v) is 2.51. The molecule has 1 aliphatic carbocycles. The number of hydrogen-bond acceptors (Lipinski definition) is 2. The Morgan fingerprint density at radius 1 is 1.39 bits per heavy atom. The summed E-state index contributed by atoms with van der Waals surface area (Å²) in [4.78, 5) is 11.8. The highest BCUT2D eigenvalue weighted by atomic mass is 16.3. The van der Waals surface area contributed by atoms with E-state index in [0.29, 0.717) is 19.0 Å². The number of carbonyl (C=O) groups is 1. The Morgan fingerprint density at radius 2 is 2.11 bits per heavy atom. The summed E-state index contributed by atoms with van der Waals surface area (Å²) in [6.45, 7) is 7.10. The molecule has 0 aliphatic heterocycles. The topological polar surface area (TPSA) is 61.4 Å². The lowest BCUT2D eigenvalue weighted by molar-refractivity contribution is 0.197. The highest BCUT2D eigenvalue weighted by molar-refractivity contribution is 5.74. The third-order valence-electron chi connectivity index (χ3n) is 3.79. The lowest BCUT2D eigenvalue weighted by atomic mass is 9.87. The average molecular weight is 256 g/mol. The molecular formula is C14H28N2O2. The first-order chi connectivity index (χ1) is 8.43. The van der Waals surface area contributed by atoms with Crippen LogP contribution in [0.15, 0.2) is 0 Å². The third-order valence-corrected chi connectivity index (χ3v) is 3.79. The molecule has 0 heterocycles. The quantitative estimate of drug-likeness (QED) is 0.706. The molecule has 1 fully saturated rings. The van der Waals surface area contributed by atoms with Crippen molar-refractivity contribution in [2.75, 3.05) is 13.2 Å². The number of carbonyl (C=O) groups excluding carboxylic acids is 1. The largest absolute Gasteiger partial charge is 0.396 e. The summed E-state index contributed by atoms with van der Waals surface area (Å²) in [6, 6.07) is 0.259. The van der Waals surface area contributed by atoms with Crippen molar-refractivity contribution in [3.8, 4) is 0 Å². The van der Waals surface area contributed by atoms with Gasteiger partial charge in [-0.1, -0.05) is 33.6 Å². The van der Waals surface area contributed by atoms with Crippen LogP contribution in [0.5, 0.6) is 0 Å². The Bertz CT molecular complexity index is 267. The Hall–Kier alpha value is -0.770. The highest BCUT2D eigenvalue weighted by Gasteiger charge is 2.22. The first-order valence-electron chi connectivity index (χ1n) is 7.08. The minimum absolute atomic E-state index is 0.0497. The van der Waals surface area contributed by atoms with Gasteiger partial charge in [-0.2, -0.15) is 0 Å². The third kappa shape index (κ3) is 5.71. The van der Waals surface area contributed by atoms with Crippen LogP contribution >= 0.6 is 0 Å². The summed E-state index contributed by atoms with van der Waals surface area (Å²) in [7, 11) is 0. The van der Waals surface area contributed by atoms with E-state index in [2.05, 4.69) is 17.6 Å². The molecule has 0 aromatic carbocycles. The first kappa shape index (κ1) is 15.3. The fraction of sp³-hybridized carbons (Fsp3) is 0.929. The molecule has 2 unspecified atom stereocenters. The molecule has 106 valence electrons. The second-order valence-corrected chi connectivity index (χ2v) is 6.43. The van der Waals surface area contributed by atoms with Crippen molar-refractivity contribution in [1.29, 1.82) is 0 Å². The molecule has 0 saturated heterocycles. The summed E-state index contributed by atoms with van der Waals surface area (Å²) in [5.74, 6) is 0.717.